The van der Waals surface area contributed by atoms with Crippen molar-refractivity contribution in [2.45, 2.75) is 106 Å². The van der Waals surface area contributed by atoms with Crippen molar-refractivity contribution < 1.29 is 84.3 Å². The number of aliphatic hydroxyl groups is 8. The summed E-state index contributed by atoms with van der Waals surface area (Å²) in [7, 11) is 0. The molecule has 3 aliphatic heterocycles. The molecule has 0 unspecified atom stereocenters. The Balaban J connectivity index is 1.31. The molecule has 0 spiro atoms. The van der Waals surface area contributed by atoms with Gasteiger partial charge in [-0.2, -0.15) is 0 Å². The van der Waals surface area contributed by atoms with Crippen molar-refractivity contribution >= 4 is 11.0 Å². The van der Waals surface area contributed by atoms with Gasteiger partial charge in [0.25, 0.3) is 0 Å². The number of aliphatic hydroxyl groups excluding tert-OH is 8. The van der Waals surface area contributed by atoms with Gasteiger partial charge in [0.05, 0.1) is 24.4 Å². The number of fused-ring (bicyclic) bond motifs is 1. The van der Waals surface area contributed by atoms with Gasteiger partial charge in [0.2, 0.25) is 5.43 Å². The van der Waals surface area contributed by atoms with E-state index in [9.17, 15) is 61.0 Å². The summed E-state index contributed by atoms with van der Waals surface area (Å²) in [5, 5.41) is 115. The van der Waals surface area contributed by atoms with E-state index in [-0.39, 0.29) is 22.7 Å². The van der Waals surface area contributed by atoms with Crippen molar-refractivity contribution in [3.05, 3.63) is 52.2 Å². The number of aromatic hydroxyl groups is 3. The van der Waals surface area contributed by atoms with Crippen LogP contribution in [0.15, 0.2) is 45.6 Å². The van der Waals surface area contributed by atoms with Gasteiger partial charge in [0, 0.05) is 17.7 Å². The molecule has 0 saturated carbocycles. The maximum atomic E-state index is 14.0. The zero-order valence-electron chi connectivity index (χ0n) is 27.1. The van der Waals surface area contributed by atoms with Crippen LogP contribution in [0.25, 0.3) is 22.3 Å². The molecule has 15 atom stereocenters. The predicted octanol–water partition coefficient (Wildman–Crippen LogP) is -2.20. The predicted molar refractivity (Wildman–Crippen MR) is 168 cm³/mol. The van der Waals surface area contributed by atoms with Gasteiger partial charge in [-0.05, 0) is 38.1 Å². The van der Waals surface area contributed by atoms with Crippen molar-refractivity contribution in [1.29, 1.82) is 0 Å². The van der Waals surface area contributed by atoms with Gasteiger partial charge in [-0.25, -0.2) is 0 Å². The van der Waals surface area contributed by atoms with Gasteiger partial charge in [-0.15, -0.1) is 0 Å². The van der Waals surface area contributed by atoms with E-state index in [1.165, 1.54) is 38.1 Å². The summed E-state index contributed by atoms with van der Waals surface area (Å²) in [4.78, 5) is 14.0. The first kappa shape index (κ1) is 37.3. The third-order valence-corrected chi connectivity index (χ3v) is 9.43. The molecule has 0 amide bonds. The first-order valence-electron chi connectivity index (χ1n) is 16.1. The van der Waals surface area contributed by atoms with E-state index in [0.717, 1.165) is 12.1 Å². The highest BCUT2D eigenvalue weighted by Gasteiger charge is 2.51. The summed E-state index contributed by atoms with van der Waals surface area (Å²) in [6.07, 6.45) is -24.1. The minimum absolute atomic E-state index is 0.129. The second-order valence-corrected chi connectivity index (χ2v) is 12.9. The fraction of sp³-hybridized carbons (Fsp3) is 0.545. The van der Waals surface area contributed by atoms with Crippen LogP contribution in [0.4, 0.5) is 0 Å². The van der Waals surface area contributed by atoms with Crippen molar-refractivity contribution in [3.63, 3.8) is 0 Å². The molecule has 0 bridgehead atoms. The summed E-state index contributed by atoms with van der Waals surface area (Å²) >= 11 is 0. The second-order valence-electron chi connectivity index (χ2n) is 12.9. The van der Waals surface area contributed by atoms with Crippen molar-refractivity contribution in [2.24, 2.45) is 0 Å². The smallest absolute Gasteiger partial charge is 0.203 e. The summed E-state index contributed by atoms with van der Waals surface area (Å²) in [5.74, 6) is -1.45. The van der Waals surface area contributed by atoms with Crippen molar-refractivity contribution in [3.8, 4) is 28.6 Å². The van der Waals surface area contributed by atoms with Crippen molar-refractivity contribution in [1.82, 2.24) is 0 Å². The zero-order chi connectivity index (χ0) is 37.0. The fourth-order valence-electron chi connectivity index (χ4n) is 6.46. The Morgan fingerprint density at radius 2 is 1.27 bits per heavy atom. The minimum Gasteiger partial charge on any atom is -0.508 e. The van der Waals surface area contributed by atoms with Crippen LogP contribution in [-0.4, -0.2) is 149 Å². The number of rotatable bonds is 7. The SMILES string of the molecule is C[C@@H]1O[C@@H](O[C@H]2[C@H](OC[C@H]3O[C@@H](c4c(-c5ccc(O)cc5)oc5cc(O)cc(O)c5c4=O)[C@H](O)[C@@H](O)[C@@H]3O)O[C@@H](C)[C@H](O)[C@H]2O)[C@H](O)[C@H](O)[C@H]1O. The number of hydrogen-bond acceptors (Lipinski definition) is 18. The van der Waals surface area contributed by atoms with Crippen LogP contribution in [0, 0.1) is 0 Å². The van der Waals surface area contributed by atoms with E-state index in [0.29, 0.717) is 0 Å². The Morgan fingerprint density at radius 3 is 1.94 bits per heavy atom. The molecule has 3 aromatic rings. The molecule has 0 aliphatic carbocycles. The molecule has 11 N–H and O–H groups in total. The highest BCUT2D eigenvalue weighted by Crippen LogP contribution is 2.40. The number of ether oxygens (including phenoxy) is 5. The lowest BCUT2D eigenvalue weighted by Crippen LogP contribution is -2.63. The molecule has 3 saturated heterocycles. The summed E-state index contributed by atoms with van der Waals surface area (Å²) in [5.41, 5.74) is -1.39. The van der Waals surface area contributed by atoms with Gasteiger partial charge in [0.1, 0.15) is 101 Å². The van der Waals surface area contributed by atoms with Crippen LogP contribution in [0.3, 0.4) is 0 Å². The van der Waals surface area contributed by atoms with Crippen LogP contribution >= 0.6 is 0 Å². The average molecular weight is 725 g/mol. The molecular weight excluding hydrogens is 684 g/mol. The molecule has 3 fully saturated rings. The standard InChI is InChI=1S/C33H40O18/c1-10-20(37)24(41)28(45)32(47-10)51-31-26(43)21(38)11(2)48-33(31)46-9-17-22(39)25(42)27(44)30(50-17)19-23(40)18-15(36)7-14(35)8-16(18)49-29(19)12-3-5-13(34)6-4-12/h3-8,10-11,17,20-22,24-28,30-39,41-45H,9H2,1-2H3/t10-,11-,17+,20-,21-,22+,24+,25-,26+,27+,28+,30-,31+,32-,33+/m0/s1. The Morgan fingerprint density at radius 1 is 0.667 bits per heavy atom. The van der Waals surface area contributed by atoms with Gasteiger partial charge in [0.15, 0.2) is 12.6 Å². The van der Waals surface area contributed by atoms with Crippen LogP contribution in [0.2, 0.25) is 0 Å². The first-order chi connectivity index (χ1) is 24.1. The van der Waals surface area contributed by atoms with Crippen LogP contribution < -0.4 is 5.43 Å². The van der Waals surface area contributed by atoms with Gasteiger partial charge < -0.3 is 84.3 Å². The highest BCUT2D eigenvalue weighted by molar-refractivity contribution is 5.87. The van der Waals surface area contributed by atoms with Gasteiger partial charge >= 0.3 is 0 Å². The maximum absolute atomic E-state index is 14.0. The normalized spacial score (nSPS) is 38.9. The van der Waals surface area contributed by atoms with Crippen LogP contribution in [0.5, 0.6) is 17.2 Å². The third-order valence-electron chi connectivity index (χ3n) is 9.43. The van der Waals surface area contributed by atoms with E-state index >= 15 is 0 Å². The summed E-state index contributed by atoms with van der Waals surface area (Å²) in [6, 6.07) is 7.29. The van der Waals surface area contributed by atoms with E-state index < -0.39 is 126 Å². The Hall–Kier alpha value is -3.47. The molecule has 0 radical (unpaired) electrons. The largest absolute Gasteiger partial charge is 0.508 e. The molecule has 2 aromatic carbocycles. The quantitative estimate of drug-likeness (QED) is 0.123. The third kappa shape index (κ3) is 6.91. The molecule has 18 heteroatoms. The van der Waals surface area contributed by atoms with E-state index in [2.05, 4.69) is 0 Å². The lowest BCUT2D eigenvalue weighted by atomic mass is 9.89. The Bertz CT molecular complexity index is 1750. The van der Waals surface area contributed by atoms with Crippen molar-refractivity contribution in [2.75, 3.05) is 6.61 Å². The molecular formula is C33H40O18. The van der Waals surface area contributed by atoms with Crippen LogP contribution in [0.1, 0.15) is 25.5 Å². The second kappa shape index (κ2) is 14.5. The van der Waals surface area contributed by atoms with Gasteiger partial charge in [-0.3, -0.25) is 4.79 Å². The average Bonchev–Trinajstić information content (AvgIpc) is 3.08. The minimum atomic E-state index is -1.96. The van der Waals surface area contributed by atoms with Gasteiger partial charge in [-0.1, -0.05) is 0 Å². The molecule has 3 aliphatic rings. The molecule has 280 valence electrons. The number of phenolic OH excluding ortho intramolecular Hbond substituents is 3. The Kier molecular flexibility index (Phi) is 10.6. The first-order valence-corrected chi connectivity index (χ1v) is 16.1. The topological polar surface area (TPSA) is 299 Å². The molecule has 4 heterocycles. The molecule has 1 aromatic heterocycles. The monoisotopic (exact) mass is 724 g/mol. The molecule has 6 rings (SSSR count). The zero-order valence-corrected chi connectivity index (χ0v) is 27.1. The molecule has 18 nitrogen and oxygen atoms in total. The fourth-order valence-corrected chi connectivity index (χ4v) is 6.46. The van der Waals surface area contributed by atoms with Crippen LogP contribution in [-0.2, 0) is 23.7 Å². The number of phenols is 3. The molecule has 51 heavy (non-hydrogen) atoms. The highest BCUT2D eigenvalue weighted by atomic mass is 16.8. The number of hydrogen-bond donors (Lipinski definition) is 11. The lowest BCUT2D eigenvalue weighted by molar-refractivity contribution is -0.365. The Labute approximate surface area is 288 Å². The van der Waals surface area contributed by atoms with E-state index in [1.54, 1.807) is 0 Å². The van der Waals surface area contributed by atoms with E-state index in [1.807, 2.05) is 0 Å². The summed E-state index contributed by atoms with van der Waals surface area (Å²) in [6.45, 7) is 2.15. The summed E-state index contributed by atoms with van der Waals surface area (Å²) < 4.78 is 34.6. The lowest BCUT2D eigenvalue weighted by Gasteiger charge is -2.46. The maximum Gasteiger partial charge on any atom is 0.203 e. The van der Waals surface area contributed by atoms with E-state index in [4.69, 9.17) is 28.1 Å². The number of benzene rings is 2.